The number of nitrogens with one attached hydrogen (secondary N) is 3. The highest BCUT2D eigenvalue weighted by molar-refractivity contribution is 6.35. The topological polar surface area (TPSA) is 90.5 Å². The maximum absolute atomic E-state index is 12.0. The zero-order valence-electron chi connectivity index (χ0n) is 14.1. The number of nitrogens with zero attached hydrogens (tertiary/aromatic N) is 1. The molecule has 1 heterocycles. The molecule has 3 N–H and O–H groups in total. The smallest absolute Gasteiger partial charge is 0.327 e. The number of hydrogen-bond donors (Lipinski definition) is 3. The van der Waals surface area contributed by atoms with Gasteiger partial charge in [0.1, 0.15) is 0 Å². The van der Waals surface area contributed by atoms with Gasteiger partial charge in [-0.15, -0.1) is 0 Å². The summed E-state index contributed by atoms with van der Waals surface area (Å²) >= 11 is 0. The maximum atomic E-state index is 12.0. The maximum Gasteiger partial charge on any atom is 0.327 e. The van der Waals surface area contributed by atoms with E-state index in [1.54, 1.807) is 0 Å². The summed E-state index contributed by atoms with van der Waals surface area (Å²) in [5.74, 6) is -1.45. The molecule has 2 rings (SSSR count). The molecular weight excluding hydrogens is 308 g/mol. The number of benzene rings is 1. The molecule has 24 heavy (non-hydrogen) atoms. The third kappa shape index (κ3) is 5.26. The number of rotatable bonds is 3. The molecular formula is C17H24N4O3. The van der Waals surface area contributed by atoms with Gasteiger partial charge in [0.15, 0.2) is 0 Å². The van der Waals surface area contributed by atoms with Crippen molar-refractivity contribution in [2.24, 2.45) is 5.92 Å². The molecule has 130 valence electrons. The molecule has 1 fully saturated rings. The second-order valence-corrected chi connectivity index (χ2v) is 6.22. The molecule has 0 saturated carbocycles. The van der Waals surface area contributed by atoms with Gasteiger partial charge < -0.3 is 10.2 Å². The standard InChI is InChI=1S/C17H24N4O3/c1-12-5-7-14(8-6-12)18-10-15(22)19-20-16(23)17(24)21-9-3-4-13(2)11-21/h5-8,13,18H,3-4,9-11H2,1-2H3,(H,19,22)(H,20,23)/t13-/m0/s1. The molecule has 0 bridgehead atoms. The summed E-state index contributed by atoms with van der Waals surface area (Å²) in [6.45, 7) is 5.19. The van der Waals surface area contributed by atoms with Crippen LogP contribution in [0.2, 0.25) is 0 Å². The van der Waals surface area contributed by atoms with Crippen LogP contribution >= 0.6 is 0 Å². The Morgan fingerprint density at radius 2 is 1.88 bits per heavy atom. The van der Waals surface area contributed by atoms with Gasteiger partial charge in [0.05, 0.1) is 6.54 Å². The van der Waals surface area contributed by atoms with Crippen LogP contribution in [0.25, 0.3) is 0 Å². The predicted octanol–water partition coefficient (Wildman–Crippen LogP) is 0.813. The van der Waals surface area contributed by atoms with Gasteiger partial charge in [0.25, 0.3) is 5.91 Å². The number of anilines is 1. The second-order valence-electron chi connectivity index (χ2n) is 6.22. The van der Waals surface area contributed by atoms with E-state index in [0.717, 1.165) is 24.1 Å². The summed E-state index contributed by atoms with van der Waals surface area (Å²) in [6.07, 6.45) is 1.96. The lowest BCUT2D eigenvalue weighted by Crippen LogP contribution is -2.52. The summed E-state index contributed by atoms with van der Waals surface area (Å²) < 4.78 is 0. The SMILES string of the molecule is Cc1ccc(NCC(=O)NNC(=O)C(=O)N2CCC[C@H](C)C2)cc1. The summed E-state index contributed by atoms with van der Waals surface area (Å²) in [5.41, 5.74) is 6.35. The molecule has 0 radical (unpaired) electrons. The van der Waals surface area contributed by atoms with Gasteiger partial charge in [-0.3, -0.25) is 25.2 Å². The minimum atomic E-state index is -0.812. The van der Waals surface area contributed by atoms with Crippen LogP contribution in [0, 0.1) is 12.8 Å². The summed E-state index contributed by atoms with van der Waals surface area (Å²) in [5, 5.41) is 2.94. The Morgan fingerprint density at radius 3 is 2.54 bits per heavy atom. The van der Waals surface area contributed by atoms with Gasteiger partial charge in [0.2, 0.25) is 0 Å². The largest absolute Gasteiger partial charge is 0.376 e. The molecule has 7 nitrogen and oxygen atoms in total. The first-order valence-electron chi connectivity index (χ1n) is 8.14. The van der Waals surface area contributed by atoms with Crippen LogP contribution in [0.3, 0.4) is 0 Å². The van der Waals surface area contributed by atoms with Gasteiger partial charge in [0, 0.05) is 18.8 Å². The van der Waals surface area contributed by atoms with Crippen molar-refractivity contribution in [3.8, 4) is 0 Å². The molecule has 0 spiro atoms. The first kappa shape index (κ1) is 17.8. The highest BCUT2D eigenvalue weighted by atomic mass is 16.2. The predicted molar refractivity (Wildman–Crippen MR) is 90.9 cm³/mol. The van der Waals surface area contributed by atoms with E-state index in [-0.39, 0.29) is 6.54 Å². The van der Waals surface area contributed by atoms with Crippen molar-refractivity contribution in [2.75, 3.05) is 25.0 Å². The minimum absolute atomic E-state index is 0.00171. The van der Waals surface area contributed by atoms with E-state index in [2.05, 4.69) is 23.1 Å². The lowest BCUT2D eigenvalue weighted by Gasteiger charge is -2.30. The van der Waals surface area contributed by atoms with Crippen molar-refractivity contribution in [1.29, 1.82) is 0 Å². The number of carbonyl (C=O) groups excluding carboxylic acids is 3. The van der Waals surface area contributed by atoms with Crippen LogP contribution in [-0.4, -0.2) is 42.3 Å². The zero-order chi connectivity index (χ0) is 17.5. The summed E-state index contributed by atoms with van der Waals surface area (Å²) in [6, 6.07) is 7.59. The number of piperidine rings is 1. The van der Waals surface area contributed by atoms with Crippen LogP contribution in [0.15, 0.2) is 24.3 Å². The normalized spacial score (nSPS) is 17.1. The van der Waals surface area contributed by atoms with Crippen LogP contribution in [0.4, 0.5) is 5.69 Å². The van der Waals surface area contributed by atoms with Crippen molar-refractivity contribution in [2.45, 2.75) is 26.7 Å². The van der Waals surface area contributed by atoms with Crippen LogP contribution in [-0.2, 0) is 14.4 Å². The summed E-state index contributed by atoms with van der Waals surface area (Å²) in [7, 11) is 0. The number of amides is 3. The Bertz CT molecular complexity index is 600. The monoisotopic (exact) mass is 332 g/mol. The highest BCUT2D eigenvalue weighted by Crippen LogP contribution is 2.15. The molecule has 0 unspecified atom stereocenters. The number of hydrogen-bond acceptors (Lipinski definition) is 4. The van der Waals surface area contributed by atoms with E-state index in [1.165, 1.54) is 4.90 Å². The minimum Gasteiger partial charge on any atom is -0.376 e. The molecule has 1 aliphatic rings. The fraction of sp³-hybridized carbons (Fsp3) is 0.471. The van der Waals surface area contributed by atoms with Crippen LogP contribution in [0.1, 0.15) is 25.3 Å². The third-order valence-electron chi connectivity index (χ3n) is 3.96. The zero-order valence-corrected chi connectivity index (χ0v) is 14.1. The van der Waals surface area contributed by atoms with Gasteiger partial charge in [-0.25, -0.2) is 0 Å². The summed E-state index contributed by atoms with van der Waals surface area (Å²) in [4.78, 5) is 37.1. The molecule has 1 aromatic carbocycles. The van der Waals surface area contributed by atoms with Crippen molar-refractivity contribution >= 4 is 23.4 Å². The number of likely N-dealkylation sites (tertiary alicyclic amines) is 1. The van der Waals surface area contributed by atoms with Crippen molar-refractivity contribution in [3.05, 3.63) is 29.8 Å². The van der Waals surface area contributed by atoms with E-state index in [1.807, 2.05) is 31.2 Å². The second kappa shape index (κ2) is 8.33. The van der Waals surface area contributed by atoms with Gasteiger partial charge in [-0.1, -0.05) is 24.6 Å². The van der Waals surface area contributed by atoms with Crippen LogP contribution in [0.5, 0.6) is 0 Å². The number of carbonyl (C=O) groups is 3. The quantitative estimate of drug-likeness (QED) is 0.564. The first-order chi connectivity index (χ1) is 11.5. The van der Waals surface area contributed by atoms with Gasteiger partial charge in [-0.05, 0) is 37.8 Å². The van der Waals surface area contributed by atoms with Gasteiger partial charge in [-0.2, -0.15) is 0 Å². The number of hydrazine groups is 1. The Hall–Kier alpha value is -2.57. The molecule has 7 heteroatoms. The highest BCUT2D eigenvalue weighted by Gasteiger charge is 2.26. The molecule has 0 aliphatic carbocycles. The molecule has 1 saturated heterocycles. The van der Waals surface area contributed by atoms with Crippen molar-refractivity contribution in [1.82, 2.24) is 15.8 Å². The van der Waals surface area contributed by atoms with E-state index < -0.39 is 17.7 Å². The Morgan fingerprint density at radius 1 is 1.17 bits per heavy atom. The fourth-order valence-electron chi connectivity index (χ4n) is 2.60. The third-order valence-corrected chi connectivity index (χ3v) is 3.96. The van der Waals surface area contributed by atoms with Crippen LogP contribution < -0.4 is 16.2 Å². The number of aryl methyl sites for hydroxylation is 1. The average molecular weight is 332 g/mol. The fourth-order valence-corrected chi connectivity index (χ4v) is 2.60. The van der Waals surface area contributed by atoms with Crippen molar-refractivity contribution < 1.29 is 14.4 Å². The van der Waals surface area contributed by atoms with E-state index in [4.69, 9.17) is 0 Å². The first-order valence-corrected chi connectivity index (χ1v) is 8.14. The van der Waals surface area contributed by atoms with E-state index in [0.29, 0.717) is 19.0 Å². The molecule has 1 atom stereocenters. The Labute approximate surface area is 141 Å². The molecule has 1 aromatic rings. The Kier molecular flexibility index (Phi) is 6.17. The van der Waals surface area contributed by atoms with Gasteiger partial charge >= 0.3 is 11.8 Å². The molecule has 0 aromatic heterocycles. The lowest BCUT2D eigenvalue weighted by molar-refractivity contribution is -0.148. The average Bonchev–Trinajstić information content (AvgIpc) is 2.58. The lowest BCUT2D eigenvalue weighted by atomic mass is 10.0. The Balaban J connectivity index is 1.71. The van der Waals surface area contributed by atoms with E-state index in [9.17, 15) is 14.4 Å². The molecule has 3 amide bonds. The van der Waals surface area contributed by atoms with Crippen molar-refractivity contribution in [3.63, 3.8) is 0 Å². The van der Waals surface area contributed by atoms with E-state index >= 15 is 0 Å². The molecule has 1 aliphatic heterocycles.